The van der Waals surface area contributed by atoms with E-state index in [4.69, 9.17) is 27.9 Å². The molecule has 126 valence electrons. The molecule has 1 saturated carbocycles. The van der Waals surface area contributed by atoms with E-state index in [2.05, 4.69) is 10.3 Å². The lowest BCUT2D eigenvalue weighted by Gasteiger charge is -2.09. The lowest BCUT2D eigenvalue weighted by Crippen LogP contribution is -2.16. The number of hydrogen-bond donors (Lipinski definition) is 1. The third-order valence-corrected chi connectivity index (χ3v) is 5.00. The summed E-state index contributed by atoms with van der Waals surface area (Å²) in [5.41, 5.74) is 1.37. The number of amides is 1. The van der Waals surface area contributed by atoms with Crippen LogP contribution >= 0.6 is 34.5 Å². The zero-order valence-corrected chi connectivity index (χ0v) is 15.1. The van der Waals surface area contributed by atoms with Crippen molar-refractivity contribution in [3.05, 3.63) is 44.5 Å². The number of rotatable bonds is 5. The third-order valence-electron chi connectivity index (χ3n) is 3.57. The van der Waals surface area contributed by atoms with E-state index in [-0.39, 0.29) is 22.5 Å². The van der Waals surface area contributed by atoms with Gasteiger partial charge in [0.2, 0.25) is 0 Å². The van der Waals surface area contributed by atoms with Crippen molar-refractivity contribution in [3.63, 3.8) is 0 Å². The second-order valence-corrected chi connectivity index (χ2v) is 6.98. The Labute approximate surface area is 152 Å². The van der Waals surface area contributed by atoms with Crippen molar-refractivity contribution >= 4 is 51.4 Å². The minimum atomic E-state index is -0.516. The molecule has 1 fully saturated rings. The van der Waals surface area contributed by atoms with Gasteiger partial charge in [-0.3, -0.25) is 4.79 Å². The predicted molar refractivity (Wildman–Crippen MR) is 94.5 cm³/mol. The summed E-state index contributed by atoms with van der Waals surface area (Å²) in [6.45, 7) is 2.02. The third kappa shape index (κ3) is 3.55. The zero-order valence-electron chi connectivity index (χ0n) is 12.8. The van der Waals surface area contributed by atoms with Gasteiger partial charge in [-0.1, -0.05) is 23.2 Å². The fourth-order valence-electron chi connectivity index (χ4n) is 2.31. The van der Waals surface area contributed by atoms with Gasteiger partial charge in [-0.05, 0) is 48.8 Å². The molecule has 0 saturated heterocycles. The monoisotopic (exact) mass is 384 g/mol. The smallest absolute Gasteiger partial charge is 0.341 e. The Morgan fingerprint density at radius 2 is 2.12 bits per heavy atom. The van der Waals surface area contributed by atoms with Crippen molar-refractivity contribution in [3.8, 4) is 0 Å². The Balaban J connectivity index is 1.90. The summed E-state index contributed by atoms with van der Waals surface area (Å²) in [5.74, 6) is -0.586. The number of anilines is 1. The van der Waals surface area contributed by atoms with Crippen LogP contribution in [0.3, 0.4) is 0 Å². The molecule has 24 heavy (non-hydrogen) atoms. The fraction of sp³-hybridized carbons (Fsp3) is 0.312. The van der Waals surface area contributed by atoms with Crippen molar-refractivity contribution in [1.82, 2.24) is 4.98 Å². The summed E-state index contributed by atoms with van der Waals surface area (Å²) in [5, 5.41) is 5.40. The summed E-state index contributed by atoms with van der Waals surface area (Å²) in [6.07, 6.45) is 2.08. The lowest BCUT2D eigenvalue weighted by atomic mass is 10.1. The Bertz CT molecular complexity index is 803. The number of hydrogen-bond acceptors (Lipinski definition) is 5. The van der Waals surface area contributed by atoms with Gasteiger partial charge in [0.05, 0.1) is 17.2 Å². The first-order valence-electron chi connectivity index (χ1n) is 7.43. The van der Waals surface area contributed by atoms with Gasteiger partial charge in [0.25, 0.3) is 5.91 Å². The molecule has 0 radical (unpaired) electrons. The Kier molecular flexibility index (Phi) is 5.08. The molecule has 2 heterocycles. The van der Waals surface area contributed by atoms with Crippen LogP contribution in [0.25, 0.3) is 0 Å². The first-order chi connectivity index (χ1) is 11.5. The topological polar surface area (TPSA) is 68.3 Å². The molecule has 5 nitrogen and oxygen atoms in total. The highest BCUT2D eigenvalue weighted by molar-refractivity contribution is 7.15. The fourth-order valence-corrected chi connectivity index (χ4v) is 3.68. The Morgan fingerprint density at radius 3 is 2.79 bits per heavy atom. The van der Waals surface area contributed by atoms with E-state index in [1.165, 1.54) is 23.5 Å². The second kappa shape index (κ2) is 7.09. The van der Waals surface area contributed by atoms with Crippen LogP contribution in [0.4, 0.5) is 5.00 Å². The molecule has 0 aromatic carbocycles. The number of nitrogens with one attached hydrogen (secondary N) is 1. The van der Waals surface area contributed by atoms with Gasteiger partial charge in [0.1, 0.15) is 15.8 Å². The van der Waals surface area contributed by atoms with Crippen LogP contribution in [0.2, 0.25) is 10.2 Å². The van der Waals surface area contributed by atoms with E-state index >= 15 is 0 Å². The average Bonchev–Trinajstić information content (AvgIpc) is 3.31. The number of nitrogens with zero attached hydrogens (tertiary/aromatic N) is 1. The SMILES string of the molecule is CCOC(=O)c1c(C2CC2)csc1NC(=O)c1nc(Cl)ccc1Cl. The molecule has 0 aliphatic heterocycles. The summed E-state index contributed by atoms with van der Waals surface area (Å²) in [6, 6.07) is 3.00. The number of aromatic nitrogens is 1. The van der Waals surface area contributed by atoms with Gasteiger partial charge in [-0.25, -0.2) is 9.78 Å². The van der Waals surface area contributed by atoms with E-state index in [0.717, 1.165) is 18.4 Å². The second-order valence-electron chi connectivity index (χ2n) is 5.31. The van der Waals surface area contributed by atoms with Crippen LogP contribution in [-0.2, 0) is 4.74 Å². The maximum atomic E-state index is 12.5. The molecule has 3 rings (SSSR count). The number of thiophene rings is 1. The van der Waals surface area contributed by atoms with E-state index in [1.54, 1.807) is 6.92 Å². The zero-order chi connectivity index (χ0) is 17.3. The number of pyridine rings is 1. The van der Waals surface area contributed by atoms with Crippen LogP contribution in [0.15, 0.2) is 17.5 Å². The van der Waals surface area contributed by atoms with E-state index in [1.807, 2.05) is 5.38 Å². The van der Waals surface area contributed by atoms with Gasteiger partial charge in [-0.2, -0.15) is 0 Å². The standard InChI is InChI=1S/C16H14Cl2N2O3S/c1-2-23-16(22)12-9(8-3-4-8)7-24-15(12)20-14(21)13-10(17)5-6-11(18)19-13/h5-8H,2-4H2,1H3,(H,20,21). The summed E-state index contributed by atoms with van der Waals surface area (Å²) in [7, 11) is 0. The number of halogens is 2. The summed E-state index contributed by atoms with van der Waals surface area (Å²) in [4.78, 5) is 28.7. The van der Waals surface area contributed by atoms with Crippen LogP contribution in [0.5, 0.6) is 0 Å². The summed E-state index contributed by atoms with van der Waals surface area (Å²) >= 11 is 13.1. The molecule has 0 unspecified atom stereocenters. The molecule has 1 N–H and O–H groups in total. The molecule has 2 aromatic heterocycles. The van der Waals surface area contributed by atoms with Crippen molar-refractivity contribution in [1.29, 1.82) is 0 Å². The first-order valence-corrected chi connectivity index (χ1v) is 9.06. The molecule has 0 spiro atoms. The molecular weight excluding hydrogens is 371 g/mol. The molecule has 1 aliphatic carbocycles. The lowest BCUT2D eigenvalue weighted by molar-refractivity contribution is 0.0527. The van der Waals surface area contributed by atoms with Crippen LogP contribution in [-0.4, -0.2) is 23.5 Å². The normalized spacial score (nSPS) is 13.6. The molecule has 0 atom stereocenters. The number of carbonyl (C=O) groups is 2. The Morgan fingerprint density at radius 1 is 1.38 bits per heavy atom. The van der Waals surface area contributed by atoms with Crippen LogP contribution in [0.1, 0.15) is 52.1 Å². The van der Waals surface area contributed by atoms with Crippen molar-refractivity contribution in [2.45, 2.75) is 25.7 Å². The van der Waals surface area contributed by atoms with Gasteiger partial charge < -0.3 is 10.1 Å². The number of carbonyl (C=O) groups excluding carboxylic acids is 2. The van der Waals surface area contributed by atoms with Gasteiger partial charge in [-0.15, -0.1) is 11.3 Å². The molecule has 0 bridgehead atoms. The van der Waals surface area contributed by atoms with Crippen LogP contribution in [0, 0.1) is 0 Å². The highest BCUT2D eigenvalue weighted by Crippen LogP contribution is 2.46. The van der Waals surface area contributed by atoms with Crippen molar-refractivity contribution in [2.75, 3.05) is 11.9 Å². The highest BCUT2D eigenvalue weighted by atomic mass is 35.5. The van der Waals surface area contributed by atoms with E-state index < -0.39 is 11.9 Å². The quantitative estimate of drug-likeness (QED) is 0.595. The van der Waals surface area contributed by atoms with Gasteiger partial charge in [0, 0.05) is 0 Å². The first kappa shape index (κ1) is 17.2. The molecule has 1 amide bonds. The average molecular weight is 385 g/mol. The van der Waals surface area contributed by atoms with Gasteiger partial charge in [0.15, 0.2) is 0 Å². The predicted octanol–water partition coefficient (Wildman–Crippen LogP) is 4.76. The molecule has 1 aliphatic rings. The molecule has 2 aromatic rings. The maximum Gasteiger partial charge on any atom is 0.341 e. The van der Waals surface area contributed by atoms with Gasteiger partial charge >= 0.3 is 5.97 Å². The highest BCUT2D eigenvalue weighted by Gasteiger charge is 2.32. The summed E-state index contributed by atoms with van der Waals surface area (Å²) < 4.78 is 5.13. The minimum Gasteiger partial charge on any atom is -0.462 e. The maximum absolute atomic E-state index is 12.5. The molecule has 8 heteroatoms. The number of ether oxygens (including phenoxy) is 1. The number of esters is 1. The van der Waals surface area contributed by atoms with E-state index in [9.17, 15) is 9.59 Å². The minimum absolute atomic E-state index is 0.0142. The van der Waals surface area contributed by atoms with Crippen molar-refractivity contribution < 1.29 is 14.3 Å². The van der Waals surface area contributed by atoms with E-state index in [0.29, 0.717) is 16.5 Å². The van der Waals surface area contributed by atoms with Crippen molar-refractivity contribution in [2.24, 2.45) is 0 Å². The van der Waals surface area contributed by atoms with Crippen LogP contribution < -0.4 is 5.32 Å². The molecular formula is C16H14Cl2N2O3S. The Hall–Kier alpha value is -1.63. The largest absolute Gasteiger partial charge is 0.462 e.